The number of nitrogens with zero attached hydrogens (tertiary/aromatic N) is 2. The molecule has 2 aromatic heterocycles. The Hall–Kier alpha value is -3.20. The number of halogens is 1. The van der Waals surface area contributed by atoms with Crippen LogP contribution in [0.4, 0.5) is 10.2 Å². The lowest BCUT2D eigenvalue weighted by molar-refractivity contribution is 0.102. The Morgan fingerprint density at radius 2 is 1.62 bits per heavy atom. The normalized spacial score (nSPS) is 17.0. The zero-order valence-corrected chi connectivity index (χ0v) is 22.1. The first-order valence-corrected chi connectivity index (χ1v) is 14.6. The largest absolute Gasteiger partial charge is 0.383 e. The van der Waals surface area contributed by atoms with E-state index in [1.54, 1.807) is 11.3 Å². The highest BCUT2D eigenvalue weighted by molar-refractivity contribution is 8.00. The number of thiophene rings is 1. The van der Waals surface area contributed by atoms with Crippen molar-refractivity contribution in [3.05, 3.63) is 118 Å². The number of nitrogens with two attached hydrogens (primary N) is 1. The molecule has 0 radical (unpaired) electrons. The second-order valence-electron chi connectivity index (χ2n) is 8.77. The van der Waals surface area contributed by atoms with Crippen LogP contribution in [0.15, 0.2) is 90.1 Å². The molecular formula is C29H22FN3OS3. The SMILES string of the molecule is Nc1nc(SCC(=O)c2ccc(F)cc2)nc2sc3c(c12)CC(c1ccccc1)SC3c1ccccc1. The highest BCUT2D eigenvalue weighted by Crippen LogP contribution is 2.55. The number of ketones is 1. The number of benzene rings is 3. The number of hydrogen-bond donors (Lipinski definition) is 1. The molecule has 0 amide bonds. The molecule has 6 rings (SSSR count). The maximum absolute atomic E-state index is 13.2. The lowest BCUT2D eigenvalue weighted by Crippen LogP contribution is -2.12. The summed E-state index contributed by atoms with van der Waals surface area (Å²) in [5.74, 6) is 0.128. The Kier molecular flexibility index (Phi) is 6.71. The van der Waals surface area contributed by atoms with Crippen LogP contribution in [0, 0.1) is 5.82 Å². The molecule has 3 heterocycles. The van der Waals surface area contributed by atoms with E-state index in [0.717, 1.165) is 16.6 Å². The van der Waals surface area contributed by atoms with Gasteiger partial charge in [0.15, 0.2) is 10.9 Å². The fraction of sp³-hybridized carbons (Fsp3) is 0.138. The number of Topliss-reactive ketones (excluding diaryl/α,β-unsaturated/α-hetero) is 1. The number of rotatable bonds is 6. The van der Waals surface area contributed by atoms with Crippen molar-refractivity contribution < 1.29 is 9.18 Å². The quantitative estimate of drug-likeness (QED) is 0.136. The predicted molar refractivity (Wildman–Crippen MR) is 152 cm³/mol. The summed E-state index contributed by atoms with van der Waals surface area (Å²) in [6, 6.07) is 26.7. The van der Waals surface area contributed by atoms with Crippen molar-refractivity contribution in [2.75, 3.05) is 11.5 Å². The van der Waals surface area contributed by atoms with Gasteiger partial charge in [-0.15, -0.1) is 23.1 Å². The third-order valence-corrected chi connectivity index (χ3v) is 10.1. The van der Waals surface area contributed by atoms with Gasteiger partial charge in [-0.25, -0.2) is 14.4 Å². The van der Waals surface area contributed by atoms with Crippen LogP contribution in [0.25, 0.3) is 10.2 Å². The van der Waals surface area contributed by atoms with Crippen molar-refractivity contribution in [3.63, 3.8) is 0 Å². The Morgan fingerprint density at radius 1 is 0.946 bits per heavy atom. The molecule has 0 spiro atoms. The molecule has 37 heavy (non-hydrogen) atoms. The van der Waals surface area contributed by atoms with Crippen LogP contribution in [0.3, 0.4) is 0 Å². The van der Waals surface area contributed by atoms with Crippen LogP contribution in [-0.2, 0) is 6.42 Å². The number of aromatic nitrogens is 2. The summed E-state index contributed by atoms with van der Waals surface area (Å²) in [4.78, 5) is 24.1. The van der Waals surface area contributed by atoms with E-state index < -0.39 is 0 Å². The first kappa shape index (κ1) is 24.2. The first-order valence-electron chi connectivity index (χ1n) is 11.8. The second kappa shape index (κ2) is 10.3. The third kappa shape index (κ3) is 4.89. The van der Waals surface area contributed by atoms with Gasteiger partial charge < -0.3 is 5.73 Å². The van der Waals surface area contributed by atoms with Crippen molar-refractivity contribution in [1.82, 2.24) is 9.97 Å². The zero-order chi connectivity index (χ0) is 25.4. The number of thioether (sulfide) groups is 2. The number of carbonyl (C=O) groups is 1. The highest BCUT2D eigenvalue weighted by atomic mass is 32.2. The van der Waals surface area contributed by atoms with Gasteiger partial charge in [-0.1, -0.05) is 72.4 Å². The van der Waals surface area contributed by atoms with Gasteiger partial charge in [-0.3, -0.25) is 4.79 Å². The number of fused-ring (bicyclic) bond motifs is 3. The van der Waals surface area contributed by atoms with E-state index in [0.29, 0.717) is 21.8 Å². The fourth-order valence-corrected chi connectivity index (χ4v) is 8.41. The molecule has 0 fully saturated rings. The summed E-state index contributed by atoms with van der Waals surface area (Å²) in [7, 11) is 0. The highest BCUT2D eigenvalue weighted by Gasteiger charge is 2.34. The lowest BCUT2D eigenvalue weighted by atomic mass is 9.98. The van der Waals surface area contributed by atoms with Gasteiger partial charge in [0.05, 0.1) is 16.4 Å². The maximum atomic E-state index is 13.2. The van der Waals surface area contributed by atoms with Gasteiger partial charge in [0.25, 0.3) is 0 Å². The molecule has 0 aliphatic carbocycles. The number of hydrogen-bond acceptors (Lipinski definition) is 7. The van der Waals surface area contributed by atoms with Gasteiger partial charge in [-0.2, -0.15) is 0 Å². The number of carbonyl (C=O) groups excluding carboxylic acids is 1. The Bertz CT molecular complexity index is 1570. The molecule has 5 aromatic rings. The fourth-order valence-electron chi connectivity index (χ4n) is 4.59. The molecule has 3 aromatic carbocycles. The molecule has 1 aliphatic heterocycles. The molecule has 0 bridgehead atoms. The van der Waals surface area contributed by atoms with Crippen molar-refractivity contribution in [3.8, 4) is 0 Å². The Morgan fingerprint density at radius 3 is 2.32 bits per heavy atom. The number of nitrogen functional groups attached to an aromatic ring is 1. The van der Waals surface area contributed by atoms with Crippen LogP contribution < -0.4 is 5.73 Å². The van der Waals surface area contributed by atoms with E-state index in [1.807, 2.05) is 23.9 Å². The van der Waals surface area contributed by atoms with Gasteiger partial charge in [-0.05, 0) is 47.4 Å². The van der Waals surface area contributed by atoms with Crippen LogP contribution in [0.5, 0.6) is 0 Å². The van der Waals surface area contributed by atoms with Crippen LogP contribution in [-0.4, -0.2) is 21.5 Å². The van der Waals surface area contributed by atoms with Gasteiger partial charge in [0.2, 0.25) is 0 Å². The monoisotopic (exact) mass is 543 g/mol. The summed E-state index contributed by atoms with van der Waals surface area (Å²) in [5, 5.41) is 1.86. The van der Waals surface area contributed by atoms with Crippen molar-refractivity contribution in [1.29, 1.82) is 0 Å². The maximum Gasteiger partial charge on any atom is 0.191 e. The van der Waals surface area contributed by atoms with E-state index in [-0.39, 0.29) is 22.6 Å². The smallest absolute Gasteiger partial charge is 0.191 e. The minimum atomic E-state index is -0.367. The van der Waals surface area contributed by atoms with E-state index >= 15 is 0 Å². The van der Waals surface area contributed by atoms with Crippen LogP contribution in [0.1, 0.15) is 42.4 Å². The molecule has 0 saturated carbocycles. The predicted octanol–water partition coefficient (Wildman–Crippen LogP) is 7.51. The van der Waals surface area contributed by atoms with Gasteiger partial charge in [0, 0.05) is 15.7 Å². The van der Waals surface area contributed by atoms with Gasteiger partial charge in [0.1, 0.15) is 16.5 Å². The van der Waals surface area contributed by atoms with E-state index in [4.69, 9.17) is 10.7 Å². The molecule has 2 unspecified atom stereocenters. The van der Waals surface area contributed by atoms with Crippen molar-refractivity contribution >= 4 is 56.7 Å². The van der Waals surface area contributed by atoms with Crippen molar-refractivity contribution in [2.24, 2.45) is 0 Å². The summed E-state index contributed by atoms with van der Waals surface area (Å²) in [6.45, 7) is 0. The second-order valence-corrected chi connectivity index (χ2v) is 12.1. The third-order valence-electron chi connectivity index (χ3n) is 6.39. The molecule has 184 valence electrons. The van der Waals surface area contributed by atoms with E-state index in [2.05, 4.69) is 53.5 Å². The van der Waals surface area contributed by atoms with Crippen LogP contribution in [0.2, 0.25) is 0 Å². The topological polar surface area (TPSA) is 68.9 Å². The molecule has 4 nitrogen and oxygen atoms in total. The average Bonchev–Trinajstić information content (AvgIpc) is 3.31. The average molecular weight is 544 g/mol. The van der Waals surface area contributed by atoms with Crippen molar-refractivity contribution in [2.45, 2.75) is 22.1 Å². The molecular weight excluding hydrogens is 522 g/mol. The van der Waals surface area contributed by atoms with E-state index in [9.17, 15) is 9.18 Å². The van der Waals surface area contributed by atoms with Gasteiger partial charge >= 0.3 is 0 Å². The summed E-state index contributed by atoms with van der Waals surface area (Å²) in [6.07, 6.45) is 0.858. The first-order chi connectivity index (χ1) is 18.1. The molecule has 2 N–H and O–H groups in total. The standard InChI is InChI=1S/C29H22FN3OS3/c30-20-13-11-17(12-14-20)22(34)16-35-29-32-27(31)24-21-15-23(18-7-3-1-4-8-18)36-25(19-9-5-2-6-10-19)26(21)37-28(24)33-29/h1-14,23,25H,15-16H2,(H2,31,32,33). The summed E-state index contributed by atoms with van der Waals surface area (Å²) >= 11 is 4.88. The molecule has 0 saturated heterocycles. The molecule has 2 atom stereocenters. The minimum absolute atomic E-state index is 0.107. The molecule has 1 aliphatic rings. The lowest BCUT2D eigenvalue weighted by Gasteiger charge is -2.30. The zero-order valence-electron chi connectivity index (χ0n) is 19.6. The summed E-state index contributed by atoms with van der Waals surface area (Å²) in [5.41, 5.74) is 10.8. The van der Waals surface area contributed by atoms with Crippen LogP contribution >= 0.6 is 34.9 Å². The number of anilines is 1. The molecule has 8 heteroatoms. The Labute approximate surface area is 226 Å². The van der Waals surface area contributed by atoms with E-state index in [1.165, 1.54) is 57.6 Å². The summed E-state index contributed by atoms with van der Waals surface area (Å²) < 4.78 is 13.2. The minimum Gasteiger partial charge on any atom is -0.383 e. The Balaban J connectivity index is 1.35.